The highest BCUT2D eigenvalue weighted by molar-refractivity contribution is 5.90. The third kappa shape index (κ3) is 4.44. The third-order valence-electron chi connectivity index (χ3n) is 1.54. The first kappa shape index (κ1) is 12.4. The summed E-state index contributed by atoms with van der Waals surface area (Å²) in [7, 11) is 2.64. The van der Waals surface area contributed by atoms with Crippen LogP contribution in [0.2, 0.25) is 0 Å². The van der Waals surface area contributed by atoms with E-state index < -0.39 is 17.9 Å². The molecule has 0 aliphatic heterocycles. The molecule has 1 atom stereocenters. The molecule has 2 N–H and O–H groups in total. The van der Waals surface area contributed by atoms with E-state index in [0.717, 1.165) is 0 Å². The minimum Gasteiger partial charge on any atom is -0.469 e. The van der Waals surface area contributed by atoms with Gasteiger partial charge in [0.15, 0.2) is 0 Å². The highest BCUT2D eigenvalue weighted by Gasteiger charge is 2.21. The Bertz CT molecular complexity index is 239. The van der Waals surface area contributed by atoms with Crippen LogP contribution in [0.5, 0.6) is 0 Å². The van der Waals surface area contributed by atoms with Crippen LogP contribution < -0.4 is 10.6 Å². The predicted octanol–water partition coefficient (Wildman–Crippen LogP) is -1.20. The molecule has 0 spiro atoms. The lowest BCUT2D eigenvalue weighted by Gasteiger charge is -2.14. The van der Waals surface area contributed by atoms with Crippen molar-refractivity contribution < 1.29 is 19.1 Å². The van der Waals surface area contributed by atoms with Gasteiger partial charge in [-0.25, -0.2) is 0 Å². The number of ether oxygens (including phenoxy) is 1. The topological polar surface area (TPSA) is 84.5 Å². The Morgan fingerprint density at radius 3 is 2.29 bits per heavy atom. The molecular weight excluding hydrogens is 188 g/mol. The van der Waals surface area contributed by atoms with Crippen LogP contribution in [0.15, 0.2) is 0 Å². The minimum atomic E-state index is -0.870. The molecule has 14 heavy (non-hydrogen) atoms. The normalized spacial score (nSPS) is 11.4. The molecule has 0 aromatic carbocycles. The van der Waals surface area contributed by atoms with E-state index in [1.807, 2.05) is 0 Å². The Hall–Kier alpha value is -1.59. The highest BCUT2D eigenvalue weighted by atomic mass is 16.5. The Balaban J connectivity index is 4.31. The van der Waals surface area contributed by atoms with Crippen molar-refractivity contribution in [2.45, 2.75) is 19.4 Å². The molecule has 0 aromatic rings. The third-order valence-corrected chi connectivity index (χ3v) is 1.54. The van der Waals surface area contributed by atoms with Gasteiger partial charge in [0.1, 0.15) is 6.04 Å². The van der Waals surface area contributed by atoms with Crippen LogP contribution in [0.3, 0.4) is 0 Å². The van der Waals surface area contributed by atoms with Crippen LogP contribution in [0.1, 0.15) is 13.3 Å². The molecule has 0 aliphatic rings. The molecule has 0 aliphatic carbocycles. The SMILES string of the molecule is CNC(=O)C(CC(=O)OC)NC(C)=O. The van der Waals surface area contributed by atoms with Gasteiger partial charge < -0.3 is 15.4 Å². The van der Waals surface area contributed by atoms with Crippen molar-refractivity contribution >= 4 is 17.8 Å². The smallest absolute Gasteiger partial charge is 0.308 e. The largest absolute Gasteiger partial charge is 0.469 e. The lowest BCUT2D eigenvalue weighted by atomic mass is 10.2. The molecule has 80 valence electrons. The van der Waals surface area contributed by atoms with Crippen LogP contribution in [0.25, 0.3) is 0 Å². The molecule has 1 unspecified atom stereocenters. The molecule has 0 saturated carbocycles. The van der Waals surface area contributed by atoms with Crippen molar-refractivity contribution in [3.8, 4) is 0 Å². The van der Waals surface area contributed by atoms with Crippen LogP contribution in [0.4, 0.5) is 0 Å². The molecule has 6 heteroatoms. The summed E-state index contributed by atoms with van der Waals surface area (Å²) in [5.74, 6) is -1.35. The maximum atomic E-state index is 11.2. The molecule has 0 bridgehead atoms. The van der Waals surface area contributed by atoms with Crippen molar-refractivity contribution in [2.24, 2.45) is 0 Å². The molecule has 0 aromatic heterocycles. The summed E-state index contributed by atoms with van der Waals surface area (Å²) in [6.45, 7) is 1.27. The summed E-state index contributed by atoms with van der Waals surface area (Å²) in [6.07, 6.45) is -0.171. The average Bonchev–Trinajstić information content (AvgIpc) is 2.14. The van der Waals surface area contributed by atoms with E-state index in [1.54, 1.807) is 0 Å². The zero-order valence-corrected chi connectivity index (χ0v) is 8.42. The van der Waals surface area contributed by atoms with Crippen LogP contribution in [-0.4, -0.2) is 38.0 Å². The van der Waals surface area contributed by atoms with E-state index in [4.69, 9.17) is 0 Å². The van der Waals surface area contributed by atoms with Crippen LogP contribution in [-0.2, 0) is 19.1 Å². The second-order valence-electron chi connectivity index (χ2n) is 2.65. The van der Waals surface area contributed by atoms with Gasteiger partial charge in [-0.2, -0.15) is 0 Å². The van der Waals surface area contributed by atoms with E-state index >= 15 is 0 Å². The molecule has 0 rings (SSSR count). The van der Waals surface area contributed by atoms with E-state index in [-0.39, 0.29) is 12.3 Å². The van der Waals surface area contributed by atoms with Gasteiger partial charge in [-0.1, -0.05) is 0 Å². The summed E-state index contributed by atoms with van der Waals surface area (Å²) in [5.41, 5.74) is 0. The van der Waals surface area contributed by atoms with E-state index in [0.29, 0.717) is 0 Å². The molecule has 0 heterocycles. The van der Waals surface area contributed by atoms with Crippen LogP contribution >= 0.6 is 0 Å². The molecule has 2 amide bonds. The number of nitrogens with one attached hydrogen (secondary N) is 2. The number of rotatable bonds is 4. The Kier molecular flexibility index (Phi) is 5.28. The Morgan fingerprint density at radius 1 is 1.36 bits per heavy atom. The first-order valence-corrected chi connectivity index (χ1v) is 4.06. The second-order valence-corrected chi connectivity index (χ2v) is 2.65. The van der Waals surface area contributed by atoms with E-state index in [2.05, 4.69) is 15.4 Å². The quantitative estimate of drug-likeness (QED) is 0.561. The van der Waals surface area contributed by atoms with E-state index in [9.17, 15) is 14.4 Å². The van der Waals surface area contributed by atoms with Crippen molar-refractivity contribution in [1.82, 2.24) is 10.6 Å². The van der Waals surface area contributed by atoms with Gasteiger partial charge in [0, 0.05) is 14.0 Å². The van der Waals surface area contributed by atoms with Gasteiger partial charge in [0.05, 0.1) is 13.5 Å². The first-order chi connectivity index (χ1) is 6.51. The van der Waals surface area contributed by atoms with E-state index in [1.165, 1.54) is 21.1 Å². The van der Waals surface area contributed by atoms with Gasteiger partial charge in [0.2, 0.25) is 11.8 Å². The lowest BCUT2D eigenvalue weighted by Crippen LogP contribution is -2.46. The standard InChI is InChI=1S/C8H14N2O4/c1-5(11)10-6(8(13)9-2)4-7(12)14-3/h6H,4H2,1-3H3,(H,9,13)(H,10,11). The number of esters is 1. The Morgan fingerprint density at radius 2 is 1.93 bits per heavy atom. The summed E-state index contributed by atoms with van der Waals surface area (Å²) in [4.78, 5) is 32.7. The number of methoxy groups -OCH3 is 1. The maximum absolute atomic E-state index is 11.2. The van der Waals surface area contributed by atoms with Gasteiger partial charge in [-0.15, -0.1) is 0 Å². The summed E-state index contributed by atoms with van der Waals surface area (Å²) in [5, 5.41) is 4.68. The average molecular weight is 202 g/mol. The molecule has 0 fully saturated rings. The van der Waals surface area contributed by atoms with Crippen molar-refractivity contribution in [2.75, 3.05) is 14.2 Å². The molecule has 0 radical (unpaired) electrons. The lowest BCUT2D eigenvalue weighted by molar-refractivity contribution is -0.143. The van der Waals surface area contributed by atoms with Gasteiger partial charge in [-0.3, -0.25) is 14.4 Å². The Labute approximate surface area is 82.0 Å². The zero-order valence-electron chi connectivity index (χ0n) is 8.42. The van der Waals surface area contributed by atoms with Crippen LogP contribution in [0, 0.1) is 0 Å². The summed E-state index contributed by atoms with van der Waals surface area (Å²) < 4.78 is 4.39. The van der Waals surface area contributed by atoms with Crippen molar-refractivity contribution in [3.05, 3.63) is 0 Å². The fraction of sp³-hybridized carbons (Fsp3) is 0.625. The number of carbonyl (C=O) groups is 3. The zero-order chi connectivity index (χ0) is 11.1. The fourth-order valence-electron chi connectivity index (χ4n) is 0.879. The minimum absolute atomic E-state index is 0.171. The predicted molar refractivity (Wildman–Crippen MR) is 48.3 cm³/mol. The highest BCUT2D eigenvalue weighted by Crippen LogP contribution is 1.94. The number of hydrogen-bond acceptors (Lipinski definition) is 4. The molecular formula is C8H14N2O4. The van der Waals surface area contributed by atoms with Gasteiger partial charge in [-0.05, 0) is 0 Å². The van der Waals surface area contributed by atoms with Gasteiger partial charge in [0.25, 0.3) is 0 Å². The fourth-order valence-corrected chi connectivity index (χ4v) is 0.879. The number of amides is 2. The van der Waals surface area contributed by atoms with Crippen molar-refractivity contribution in [1.29, 1.82) is 0 Å². The monoisotopic (exact) mass is 202 g/mol. The van der Waals surface area contributed by atoms with Gasteiger partial charge >= 0.3 is 5.97 Å². The number of carbonyl (C=O) groups excluding carboxylic acids is 3. The summed E-state index contributed by atoms with van der Waals surface area (Å²) in [6, 6.07) is -0.870. The second kappa shape index (κ2) is 5.95. The molecule has 6 nitrogen and oxygen atoms in total. The molecule has 0 saturated heterocycles. The first-order valence-electron chi connectivity index (χ1n) is 4.06. The number of hydrogen-bond donors (Lipinski definition) is 2. The van der Waals surface area contributed by atoms with Crippen molar-refractivity contribution in [3.63, 3.8) is 0 Å². The maximum Gasteiger partial charge on any atom is 0.308 e. The number of likely N-dealkylation sites (N-methyl/N-ethyl adjacent to an activating group) is 1. The summed E-state index contributed by atoms with van der Waals surface area (Å²) >= 11 is 0.